The van der Waals surface area contributed by atoms with Crippen LogP contribution in [0, 0.1) is 0 Å². The Morgan fingerprint density at radius 2 is 1.67 bits per heavy atom. The van der Waals surface area contributed by atoms with Crippen molar-refractivity contribution in [3.8, 4) is 5.69 Å². The molecule has 4 aromatic rings. The zero-order valence-electron chi connectivity index (χ0n) is 14.7. The molecule has 134 valence electrons. The summed E-state index contributed by atoms with van der Waals surface area (Å²) >= 11 is 3.45. The standard InChI is InChI=1S/C22H19N3S2/c1-3-9-18(10-4-1)11-7-16-27-22-24-23-21(17-20-14-8-15-26-20)25(22)19-12-5-2-6-13-19/h1-15H,16-17H2/b11-7+. The molecule has 2 heterocycles. The van der Waals surface area contributed by atoms with Gasteiger partial charge >= 0.3 is 0 Å². The van der Waals surface area contributed by atoms with Gasteiger partial charge in [0.05, 0.1) is 0 Å². The number of para-hydroxylation sites is 1. The number of nitrogens with zero attached hydrogens (tertiary/aromatic N) is 3. The molecule has 0 atom stereocenters. The molecule has 0 bridgehead atoms. The topological polar surface area (TPSA) is 30.7 Å². The molecule has 0 saturated carbocycles. The second kappa shape index (κ2) is 8.84. The maximum atomic E-state index is 4.48. The van der Waals surface area contributed by atoms with Gasteiger partial charge in [-0.2, -0.15) is 0 Å². The molecule has 0 amide bonds. The van der Waals surface area contributed by atoms with Gasteiger partial charge in [0.2, 0.25) is 0 Å². The monoisotopic (exact) mass is 389 g/mol. The van der Waals surface area contributed by atoms with Gasteiger partial charge in [0.25, 0.3) is 0 Å². The van der Waals surface area contributed by atoms with E-state index in [-0.39, 0.29) is 0 Å². The smallest absolute Gasteiger partial charge is 0.196 e. The minimum Gasteiger partial charge on any atom is -0.274 e. The van der Waals surface area contributed by atoms with Gasteiger partial charge in [0, 0.05) is 22.7 Å². The van der Waals surface area contributed by atoms with Gasteiger partial charge in [-0.15, -0.1) is 21.5 Å². The lowest BCUT2D eigenvalue weighted by atomic mass is 10.2. The zero-order chi connectivity index (χ0) is 18.3. The molecule has 0 spiro atoms. The Morgan fingerprint density at radius 1 is 0.889 bits per heavy atom. The summed E-state index contributed by atoms with van der Waals surface area (Å²) in [7, 11) is 0. The molecule has 0 radical (unpaired) electrons. The minimum absolute atomic E-state index is 0.792. The normalized spacial score (nSPS) is 11.3. The molecule has 0 aliphatic rings. The quantitative estimate of drug-likeness (QED) is 0.378. The van der Waals surface area contributed by atoms with E-state index in [1.165, 1.54) is 10.4 Å². The van der Waals surface area contributed by atoms with Crippen LogP contribution < -0.4 is 0 Å². The number of thiophene rings is 1. The van der Waals surface area contributed by atoms with Crippen molar-refractivity contribution in [3.63, 3.8) is 0 Å². The third kappa shape index (κ3) is 4.56. The van der Waals surface area contributed by atoms with E-state index in [1.807, 2.05) is 24.3 Å². The molecule has 3 nitrogen and oxygen atoms in total. The molecule has 0 N–H and O–H groups in total. The van der Waals surface area contributed by atoms with Crippen LogP contribution in [0.3, 0.4) is 0 Å². The van der Waals surface area contributed by atoms with Gasteiger partial charge in [-0.25, -0.2) is 0 Å². The van der Waals surface area contributed by atoms with Crippen LogP contribution in [-0.2, 0) is 6.42 Å². The fourth-order valence-corrected chi connectivity index (χ4v) is 4.27. The molecule has 4 rings (SSSR count). The molecule has 0 unspecified atom stereocenters. The van der Waals surface area contributed by atoms with Crippen LogP contribution in [0.2, 0.25) is 0 Å². The Kier molecular flexibility index (Phi) is 5.82. The van der Waals surface area contributed by atoms with Gasteiger partial charge in [-0.3, -0.25) is 4.57 Å². The lowest BCUT2D eigenvalue weighted by Crippen LogP contribution is -2.03. The summed E-state index contributed by atoms with van der Waals surface area (Å²) in [6.07, 6.45) is 5.10. The average Bonchev–Trinajstić information content (AvgIpc) is 3.37. The van der Waals surface area contributed by atoms with E-state index in [2.05, 4.69) is 80.8 Å². The predicted molar refractivity (Wildman–Crippen MR) is 115 cm³/mol. The Bertz CT molecular complexity index is 991. The number of thioether (sulfide) groups is 1. The fourth-order valence-electron chi connectivity index (χ4n) is 2.78. The van der Waals surface area contributed by atoms with Crippen LogP contribution in [0.15, 0.2) is 89.4 Å². The summed E-state index contributed by atoms with van der Waals surface area (Å²) in [5, 5.41) is 12.0. The molecular weight excluding hydrogens is 370 g/mol. The Hall–Kier alpha value is -2.63. The van der Waals surface area contributed by atoms with E-state index in [0.29, 0.717) is 0 Å². The van der Waals surface area contributed by atoms with Gasteiger partial charge in [0.15, 0.2) is 5.16 Å². The number of benzene rings is 2. The summed E-state index contributed by atoms with van der Waals surface area (Å²) in [6.45, 7) is 0. The molecule has 0 aliphatic carbocycles. The second-order valence-electron chi connectivity index (χ2n) is 5.95. The highest BCUT2D eigenvalue weighted by Gasteiger charge is 2.14. The van der Waals surface area contributed by atoms with Crippen molar-refractivity contribution < 1.29 is 0 Å². The van der Waals surface area contributed by atoms with Crippen molar-refractivity contribution >= 4 is 29.2 Å². The Morgan fingerprint density at radius 3 is 2.41 bits per heavy atom. The lowest BCUT2D eigenvalue weighted by Gasteiger charge is -2.09. The van der Waals surface area contributed by atoms with Gasteiger partial charge < -0.3 is 0 Å². The minimum atomic E-state index is 0.792. The number of hydrogen-bond acceptors (Lipinski definition) is 4. The van der Waals surface area contributed by atoms with Crippen LogP contribution in [-0.4, -0.2) is 20.5 Å². The SMILES string of the molecule is C(=C\c1ccccc1)/CSc1nnc(Cc2cccs2)n1-c1ccccc1. The fraction of sp³-hybridized carbons (Fsp3) is 0.0909. The van der Waals surface area contributed by atoms with Crippen LogP contribution in [0.1, 0.15) is 16.3 Å². The van der Waals surface area contributed by atoms with E-state index in [0.717, 1.165) is 28.8 Å². The summed E-state index contributed by atoms with van der Waals surface area (Å²) in [5.41, 5.74) is 2.31. The molecule has 0 aliphatic heterocycles. The molecular formula is C22H19N3S2. The maximum absolute atomic E-state index is 4.48. The second-order valence-corrected chi connectivity index (χ2v) is 7.97. The van der Waals surface area contributed by atoms with E-state index in [1.54, 1.807) is 23.1 Å². The molecule has 5 heteroatoms. The number of rotatable bonds is 7. The first kappa shape index (κ1) is 17.8. The van der Waals surface area contributed by atoms with Gasteiger partial charge in [0.1, 0.15) is 5.82 Å². The number of hydrogen-bond donors (Lipinski definition) is 0. The van der Waals surface area contributed by atoms with Gasteiger partial charge in [-0.05, 0) is 29.1 Å². The first-order valence-electron chi connectivity index (χ1n) is 8.76. The van der Waals surface area contributed by atoms with Crippen molar-refractivity contribution in [1.82, 2.24) is 14.8 Å². The molecule has 27 heavy (non-hydrogen) atoms. The first-order chi connectivity index (χ1) is 13.4. The molecule has 0 saturated heterocycles. The molecule has 2 aromatic heterocycles. The van der Waals surface area contributed by atoms with E-state index < -0.39 is 0 Å². The molecule has 2 aromatic carbocycles. The van der Waals surface area contributed by atoms with Crippen molar-refractivity contribution in [1.29, 1.82) is 0 Å². The maximum Gasteiger partial charge on any atom is 0.196 e. The Labute approximate surface area is 167 Å². The lowest BCUT2D eigenvalue weighted by molar-refractivity contribution is 0.852. The Balaban J connectivity index is 1.55. The van der Waals surface area contributed by atoms with Crippen molar-refractivity contribution in [2.24, 2.45) is 0 Å². The largest absolute Gasteiger partial charge is 0.274 e. The van der Waals surface area contributed by atoms with E-state index in [4.69, 9.17) is 0 Å². The van der Waals surface area contributed by atoms with Crippen LogP contribution in [0.25, 0.3) is 11.8 Å². The van der Waals surface area contributed by atoms with Crippen molar-refractivity contribution in [2.45, 2.75) is 11.6 Å². The number of aromatic nitrogens is 3. The summed E-state index contributed by atoms with van der Waals surface area (Å²) in [5.74, 6) is 1.82. The highest BCUT2D eigenvalue weighted by atomic mass is 32.2. The highest BCUT2D eigenvalue weighted by Crippen LogP contribution is 2.24. The third-order valence-corrected chi connectivity index (χ3v) is 5.80. The van der Waals surface area contributed by atoms with Crippen molar-refractivity contribution in [3.05, 3.63) is 101 Å². The average molecular weight is 390 g/mol. The highest BCUT2D eigenvalue weighted by molar-refractivity contribution is 7.99. The van der Waals surface area contributed by atoms with Crippen LogP contribution in [0.4, 0.5) is 0 Å². The molecule has 0 fully saturated rings. The van der Waals surface area contributed by atoms with Gasteiger partial charge in [-0.1, -0.05) is 78.5 Å². The zero-order valence-corrected chi connectivity index (χ0v) is 16.4. The first-order valence-corrected chi connectivity index (χ1v) is 10.6. The van der Waals surface area contributed by atoms with Crippen molar-refractivity contribution in [2.75, 3.05) is 5.75 Å². The van der Waals surface area contributed by atoms with Crippen LogP contribution in [0.5, 0.6) is 0 Å². The van der Waals surface area contributed by atoms with E-state index in [9.17, 15) is 0 Å². The summed E-state index contributed by atoms with van der Waals surface area (Å²) in [6, 6.07) is 24.9. The van der Waals surface area contributed by atoms with Crippen LogP contribution >= 0.6 is 23.1 Å². The summed E-state index contributed by atoms with van der Waals surface area (Å²) < 4.78 is 2.17. The van der Waals surface area contributed by atoms with E-state index >= 15 is 0 Å². The summed E-state index contributed by atoms with van der Waals surface area (Å²) in [4.78, 5) is 1.29. The third-order valence-electron chi connectivity index (χ3n) is 4.05. The predicted octanol–water partition coefficient (Wildman–Crippen LogP) is 5.73.